The molecule has 0 saturated carbocycles. The van der Waals surface area contributed by atoms with Gasteiger partial charge in [0.05, 0.1) is 5.69 Å². The molecule has 4 nitrogen and oxygen atoms in total. The van der Waals surface area contributed by atoms with Crippen LogP contribution in [-0.4, -0.2) is 21.0 Å². The highest BCUT2D eigenvalue weighted by Gasteiger charge is 2.13. The van der Waals surface area contributed by atoms with Gasteiger partial charge in [0.2, 0.25) is 0 Å². The van der Waals surface area contributed by atoms with Gasteiger partial charge in [0, 0.05) is 11.8 Å². The zero-order valence-corrected chi connectivity index (χ0v) is 10.3. The molecule has 1 aromatic heterocycles. The van der Waals surface area contributed by atoms with E-state index in [0.29, 0.717) is 11.6 Å². The predicted octanol–water partition coefficient (Wildman–Crippen LogP) is 2.97. The number of rotatable bonds is 3. The zero-order valence-electron chi connectivity index (χ0n) is 10.3. The van der Waals surface area contributed by atoms with E-state index in [1.54, 1.807) is 0 Å². The quantitative estimate of drug-likeness (QED) is 0.898. The number of aromatic carboxylic acids is 1. The molecule has 0 fully saturated rings. The van der Waals surface area contributed by atoms with E-state index >= 15 is 0 Å². The third-order valence-corrected chi connectivity index (χ3v) is 2.79. The summed E-state index contributed by atoms with van der Waals surface area (Å²) in [5.74, 6) is -0.568. The molecule has 0 aliphatic heterocycles. The smallest absolute Gasteiger partial charge is 0.339 e. The second-order valence-corrected chi connectivity index (χ2v) is 4.37. The van der Waals surface area contributed by atoms with Gasteiger partial charge in [-0.05, 0) is 11.5 Å². The lowest BCUT2D eigenvalue weighted by molar-refractivity contribution is 0.0697. The Morgan fingerprint density at radius 3 is 2.44 bits per heavy atom. The lowest BCUT2D eigenvalue weighted by Crippen LogP contribution is -2.02. The summed E-state index contributed by atoms with van der Waals surface area (Å²) in [4.78, 5) is 18.9. The van der Waals surface area contributed by atoms with Crippen molar-refractivity contribution in [3.05, 3.63) is 47.9 Å². The number of carbonyl (C=O) groups is 1. The van der Waals surface area contributed by atoms with Gasteiger partial charge in [-0.25, -0.2) is 14.8 Å². The minimum Gasteiger partial charge on any atom is -0.478 e. The molecule has 0 unspecified atom stereocenters. The van der Waals surface area contributed by atoms with Gasteiger partial charge in [-0.15, -0.1) is 0 Å². The van der Waals surface area contributed by atoms with Crippen molar-refractivity contribution in [2.45, 2.75) is 19.8 Å². The molecule has 0 aliphatic carbocycles. The minimum atomic E-state index is -1.02. The number of carboxylic acids is 1. The molecule has 2 rings (SSSR count). The van der Waals surface area contributed by atoms with E-state index in [0.717, 1.165) is 5.56 Å². The van der Waals surface area contributed by atoms with Crippen LogP contribution >= 0.6 is 0 Å². The second kappa shape index (κ2) is 4.96. The lowest BCUT2D eigenvalue weighted by Gasteiger charge is -2.08. The molecule has 18 heavy (non-hydrogen) atoms. The molecule has 0 bridgehead atoms. The molecule has 92 valence electrons. The Kier molecular flexibility index (Phi) is 3.37. The number of hydrogen-bond acceptors (Lipinski definition) is 3. The first kappa shape index (κ1) is 12.2. The van der Waals surface area contributed by atoms with Crippen molar-refractivity contribution < 1.29 is 9.90 Å². The highest BCUT2D eigenvalue weighted by atomic mass is 16.4. The summed E-state index contributed by atoms with van der Waals surface area (Å²) in [7, 11) is 0. The summed E-state index contributed by atoms with van der Waals surface area (Å²) in [5.41, 5.74) is 2.58. The van der Waals surface area contributed by atoms with E-state index in [2.05, 4.69) is 23.8 Å². The molecule has 1 N–H and O–H groups in total. The molecule has 1 aromatic carbocycles. The molecule has 2 aromatic rings. The standard InChI is InChI=1S/C14H14N2O2/c1-9(2)10-3-5-11(6-4-10)13-12(14(17)18)7-15-8-16-13/h3-9H,1-2H3,(H,17,18). The third-order valence-electron chi connectivity index (χ3n) is 2.79. The Bertz CT molecular complexity index is 562. The fourth-order valence-electron chi connectivity index (χ4n) is 1.74. The van der Waals surface area contributed by atoms with E-state index < -0.39 is 5.97 Å². The fraction of sp³-hybridized carbons (Fsp3) is 0.214. The van der Waals surface area contributed by atoms with E-state index in [1.165, 1.54) is 18.1 Å². The summed E-state index contributed by atoms with van der Waals surface area (Å²) in [5, 5.41) is 9.09. The van der Waals surface area contributed by atoms with E-state index in [1.807, 2.05) is 24.3 Å². The summed E-state index contributed by atoms with van der Waals surface area (Å²) < 4.78 is 0. The number of hydrogen-bond donors (Lipinski definition) is 1. The first-order valence-electron chi connectivity index (χ1n) is 5.73. The van der Waals surface area contributed by atoms with E-state index in [4.69, 9.17) is 5.11 Å². The van der Waals surface area contributed by atoms with Gasteiger partial charge < -0.3 is 5.11 Å². The average molecular weight is 242 g/mol. The number of carboxylic acid groups (broad SMARTS) is 1. The molecule has 0 atom stereocenters. The molecule has 0 aliphatic rings. The topological polar surface area (TPSA) is 63.1 Å². The average Bonchev–Trinajstić information content (AvgIpc) is 2.39. The lowest BCUT2D eigenvalue weighted by atomic mass is 9.99. The Labute approximate surface area is 105 Å². The van der Waals surface area contributed by atoms with Crippen LogP contribution in [0.1, 0.15) is 35.7 Å². The van der Waals surface area contributed by atoms with Gasteiger partial charge in [0.1, 0.15) is 11.9 Å². The van der Waals surface area contributed by atoms with Crippen LogP contribution in [0.2, 0.25) is 0 Å². The highest BCUT2D eigenvalue weighted by molar-refractivity contribution is 5.94. The monoisotopic (exact) mass is 242 g/mol. The maximum absolute atomic E-state index is 11.1. The van der Waals surface area contributed by atoms with Crippen molar-refractivity contribution in [1.82, 2.24) is 9.97 Å². The molecular formula is C14H14N2O2. The van der Waals surface area contributed by atoms with Gasteiger partial charge in [0.15, 0.2) is 0 Å². The number of benzene rings is 1. The van der Waals surface area contributed by atoms with Crippen LogP contribution in [-0.2, 0) is 0 Å². The van der Waals surface area contributed by atoms with Crippen molar-refractivity contribution >= 4 is 5.97 Å². The highest BCUT2D eigenvalue weighted by Crippen LogP contribution is 2.23. The molecule has 0 amide bonds. The van der Waals surface area contributed by atoms with E-state index in [9.17, 15) is 4.79 Å². The minimum absolute atomic E-state index is 0.120. The van der Waals surface area contributed by atoms with Gasteiger partial charge in [-0.2, -0.15) is 0 Å². The van der Waals surface area contributed by atoms with Gasteiger partial charge in [-0.3, -0.25) is 0 Å². The van der Waals surface area contributed by atoms with Gasteiger partial charge in [0.25, 0.3) is 0 Å². The van der Waals surface area contributed by atoms with Crippen molar-refractivity contribution in [2.24, 2.45) is 0 Å². The SMILES string of the molecule is CC(C)c1ccc(-c2ncncc2C(=O)O)cc1. The zero-order chi connectivity index (χ0) is 13.1. The number of nitrogens with zero attached hydrogens (tertiary/aromatic N) is 2. The molecule has 4 heteroatoms. The van der Waals surface area contributed by atoms with Crippen molar-refractivity contribution in [2.75, 3.05) is 0 Å². The molecule has 0 radical (unpaired) electrons. The first-order chi connectivity index (χ1) is 8.59. The van der Waals surface area contributed by atoms with Crippen LogP contribution in [0.5, 0.6) is 0 Å². The number of aromatic nitrogens is 2. The summed E-state index contributed by atoms with van der Waals surface area (Å²) in [6.45, 7) is 4.23. The van der Waals surface area contributed by atoms with Crippen LogP contribution in [0.25, 0.3) is 11.3 Å². The van der Waals surface area contributed by atoms with Crippen molar-refractivity contribution in [1.29, 1.82) is 0 Å². The predicted molar refractivity (Wildman–Crippen MR) is 68.5 cm³/mol. The van der Waals surface area contributed by atoms with Gasteiger partial charge >= 0.3 is 5.97 Å². The van der Waals surface area contributed by atoms with Crippen molar-refractivity contribution in [3.8, 4) is 11.3 Å². The van der Waals surface area contributed by atoms with Crippen LogP contribution in [0, 0.1) is 0 Å². The van der Waals surface area contributed by atoms with Crippen LogP contribution in [0.4, 0.5) is 0 Å². The summed E-state index contributed by atoms with van der Waals surface area (Å²) in [6.07, 6.45) is 2.68. The second-order valence-electron chi connectivity index (χ2n) is 4.37. The van der Waals surface area contributed by atoms with Crippen LogP contribution in [0.15, 0.2) is 36.8 Å². The van der Waals surface area contributed by atoms with Crippen molar-refractivity contribution in [3.63, 3.8) is 0 Å². The van der Waals surface area contributed by atoms with Crippen LogP contribution < -0.4 is 0 Å². The molecular weight excluding hydrogens is 228 g/mol. The third kappa shape index (κ3) is 2.37. The molecule has 0 saturated heterocycles. The maximum atomic E-state index is 11.1. The Hall–Kier alpha value is -2.23. The Morgan fingerprint density at radius 1 is 1.22 bits per heavy atom. The van der Waals surface area contributed by atoms with Crippen LogP contribution in [0.3, 0.4) is 0 Å². The maximum Gasteiger partial charge on any atom is 0.339 e. The van der Waals surface area contributed by atoms with Gasteiger partial charge in [-0.1, -0.05) is 38.1 Å². The molecule has 1 heterocycles. The molecule has 0 spiro atoms. The summed E-state index contributed by atoms with van der Waals surface area (Å²) >= 11 is 0. The Morgan fingerprint density at radius 2 is 1.89 bits per heavy atom. The normalized spacial score (nSPS) is 10.6. The first-order valence-corrected chi connectivity index (χ1v) is 5.73. The summed E-state index contributed by atoms with van der Waals surface area (Å²) in [6, 6.07) is 7.77. The largest absolute Gasteiger partial charge is 0.478 e. The van der Waals surface area contributed by atoms with E-state index in [-0.39, 0.29) is 5.56 Å². The Balaban J connectivity index is 2.46. The fourth-order valence-corrected chi connectivity index (χ4v) is 1.74.